The number of aryl methyl sites for hydroxylation is 1. The van der Waals surface area contributed by atoms with Crippen LogP contribution >= 0.6 is 0 Å². The molecule has 40 heavy (non-hydrogen) atoms. The number of fused-ring (bicyclic) bond motifs is 3. The third-order valence-corrected chi connectivity index (χ3v) is 9.94. The number of anilines is 2. The molecule has 2 aromatic rings. The van der Waals surface area contributed by atoms with Crippen LogP contribution < -0.4 is 9.21 Å². The van der Waals surface area contributed by atoms with Gasteiger partial charge < -0.3 is 14.4 Å². The molecule has 0 N–H and O–H groups in total. The van der Waals surface area contributed by atoms with Gasteiger partial charge in [-0.1, -0.05) is 18.2 Å². The van der Waals surface area contributed by atoms with Crippen molar-refractivity contribution in [2.75, 3.05) is 42.5 Å². The third kappa shape index (κ3) is 5.39. The Kier molecular flexibility index (Phi) is 7.30. The number of ether oxygens (including phenoxy) is 2. The number of hydrogen-bond donors (Lipinski definition) is 0. The summed E-state index contributed by atoms with van der Waals surface area (Å²) < 4.78 is 41.3. The van der Waals surface area contributed by atoms with Gasteiger partial charge in [0.15, 0.2) is 0 Å². The molecule has 3 aliphatic heterocycles. The van der Waals surface area contributed by atoms with E-state index in [1.54, 1.807) is 22.5 Å². The minimum Gasteiger partial charge on any atom is -0.468 e. The highest BCUT2D eigenvalue weighted by Crippen LogP contribution is 2.44. The molecule has 0 spiro atoms. The number of esters is 1. The molecule has 0 bridgehead atoms. The molecular weight excluding hydrogens is 526 g/mol. The zero-order chi connectivity index (χ0) is 29.0. The molecule has 0 unspecified atom stereocenters. The normalized spacial score (nSPS) is 23.1. The van der Waals surface area contributed by atoms with E-state index < -0.39 is 21.7 Å². The average Bonchev–Trinajstić information content (AvgIpc) is 2.89. The Hall–Kier alpha value is -2.88. The van der Waals surface area contributed by atoms with Gasteiger partial charge in [-0.25, -0.2) is 8.42 Å². The molecule has 1 fully saturated rings. The van der Waals surface area contributed by atoms with Crippen LogP contribution in [-0.4, -0.2) is 75.9 Å². The van der Waals surface area contributed by atoms with Crippen LogP contribution in [0.5, 0.6) is 0 Å². The first-order valence-corrected chi connectivity index (χ1v) is 15.4. The zero-order valence-corrected chi connectivity index (χ0v) is 25.4. The maximum Gasteiger partial charge on any atom is 0.322 e. The van der Waals surface area contributed by atoms with Crippen molar-refractivity contribution >= 4 is 32.9 Å². The Bertz CT molecular complexity index is 1450. The van der Waals surface area contributed by atoms with Crippen molar-refractivity contribution in [2.45, 2.75) is 76.1 Å². The van der Waals surface area contributed by atoms with E-state index in [1.165, 1.54) is 7.11 Å². The zero-order valence-electron chi connectivity index (χ0n) is 24.6. The minimum absolute atomic E-state index is 0.112. The van der Waals surface area contributed by atoms with Gasteiger partial charge in [-0.3, -0.25) is 14.0 Å². The summed E-state index contributed by atoms with van der Waals surface area (Å²) in [4.78, 5) is 17.0. The highest BCUT2D eigenvalue weighted by molar-refractivity contribution is 7.92. The van der Waals surface area contributed by atoms with Gasteiger partial charge >= 0.3 is 5.97 Å². The van der Waals surface area contributed by atoms with Crippen LogP contribution in [0.2, 0.25) is 0 Å². The molecule has 5 rings (SSSR count). The van der Waals surface area contributed by atoms with Crippen LogP contribution in [0.4, 0.5) is 11.4 Å². The maximum atomic E-state index is 14.2. The Morgan fingerprint density at radius 2 is 1.80 bits per heavy atom. The van der Waals surface area contributed by atoms with Gasteiger partial charge in [-0.15, -0.1) is 0 Å². The first-order chi connectivity index (χ1) is 18.7. The lowest BCUT2D eigenvalue weighted by Gasteiger charge is -2.50. The van der Waals surface area contributed by atoms with Crippen molar-refractivity contribution in [3.8, 4) is 0 Å². The topological polar surface area (TPSA) is 79.4 Å². The summed E-state index contributed by atoms with van der Waals surface area (Å²) in [5.41, 5.74) is 3.86. The molecule has 0 aromatic heterocycles. The van der Waals surface area contributed by atoms with E-state index >= 15 is 0 Å². The lowest BCUT2D eigenvalue weighted by molar-refractivity contribution is -0.146. The second kappa shape index (κ2) is 10.2. The highest BCUT2D eigenvalue weighted by Gasteiger charge is 2.42. The molecule has 1 saturated heterocycles. The number of carbonyl (C=O) groups excluding carboxylic acids is 1. The number of benzene rings is 2. The first kappa shape index (κ1) is 28.6. The summed E-state index contributed by atoms with van der Waals surface area (Å²) in [6, 6.07) is 12.8. The van der Waals surface area contributed by atoms with Crippen LogP contribution in [0.1, 0.15) is 52.2 Å². The first-order valence-electron chi connectivity index (χ1n) is 13.9. The largest absolute Gasteiger partial charge is 0.468 e. The van der Waals surface area contributed by atoms with Crippen LogP contribution in [-0.2, 0) is 24.3 Å². The van der Waals surface area contributed by atoms with Crippen molar-refractivity contribution in [3.63, 3.8) is 0 Å². The summed E-state index contributed by atoms with van der Waals surface area (Å²) >= 11 is 0. The van der Waals surface area contributed by atoms with Gasteiger partial charge in [-0.2, -0.15) is 0 Å². The lowest BCUT2D eigenvalue weighted by atomic mass is 9.85. The van der Waals surface area contributed by atoms with Gasteiger partial charge in [0, 0.05) is 26.1 Å². The van der Waals surface area contributed by atoms with E-state index in [4.69, 9.17) is 9.47 Å². The Morgan fingerprint density at radius 1 is 1.05 bits per heavy atom. The number of rotatable bonds is 5. The van der Waals surface area contributed by atoms with E-state index in [0.29, 0.717) is 25.3 Å². The summed E-state index contributed by atoms with van der Waals surface area (Å²) in [5.74, 6) is -0.283. The van der Waals surface area contributed by atoms with Gasteiger partial charge in [-0.05, 0) is 88.6 Å². The Morgan fingerprint density at radius 3 is 2.48 bits per heavy atom. The number of hydrogen-bond acceptors (Lipinski definition) is 7. The minimum atomic E-state index is -3.85. The van der Waals surface area contributed by atoms with E-state index in [1.807, 2.05) is 26.0 Å². The number of methoxy groups -OCH3 is 1. The SMILES string of the molecule is COC(=O)[C@H](C)N1CCN2c3ccc(C4=CC(C)(C)OC(C)(C)C4)cc3N(S(=O)(=O)c3cccc(C)c3)C[C@@H]2C1. The fourth-order valence-corrected chi connectivity index (χ4v) is 8.12. The fraction of sp³-hybridized carbons (Fsp3) is 0.516. The van der Waals surface area contributed by atoms with Gasteiger partial charge in [0.1, 0.15) is 6.04 Å². The van der Waals surface area contributed by atoms with E-state index in [9.17, 15) is 13.2 Å². The van der Waals surface area contributed by atoms with E-state index in [0.717, 1.165) is 28.8 Å². The number of sulfonamides is 1. The van der Waals surface area contributed by atoms with Crippen molar-refractivity contribution in [3.05, 3.63) is 59.7 Å². The van der Waals surface area contributed by atoms with Crippen molar-refractivity contribution in [2.24, 2.45) is 0 Å². The van der Waals surface area contributed by atoms with E-state index in [2.05, 4.69) is 55.7 Å². The molecule has 0 saturated carbocycles. The molecule has 0 radical (unpaired) electrons. The molecule has 8 nitrogen and oxygen atoms in total. The summed E-state index contributed by atoms with van der Waals surface area (Å²) in [5, 5.41) is 0. The fourth-order valence-electron chi connectivity index (χ4n) is 6.50. The summed E-state index contributed by atoms with van der Waals surface area (Å²) in [6.07, 6.45) is 2.88. The average molecular weight is 568 g/mol. The molecule has 9 heteroatoms. The van der Waals surface area contributed by atoms with Crippen LogP contribution in [0.3, 0.4) is 0 Å². The quantitative estimate of drug-likeness (QED) is 0.488. The van der Waals surface area contributed by atoms with Gasteiger partial charge in [0.25, 0.3) is 10.0 Å². The molecule has 0 amide bonds. The smallest absolute Gasteiger partial charge is 0.322 e. The van der Waals surface area contributed by atoms with Crippen LogP contribution in [0.25, 0.3) is 5.57 Å². The van der Waals surface area contributed by atoms with Crippen LogP contribution in [0.15, 0.2) is 53.4 Å². The summed E-state index contributed by atoms with van der Waals surface area (Å²) in [7, 11) is -2.45. The molecule has 0 aliphatic carbocycles. The molecule has 216 valence electrons. The lowest BCUT2D eigenvalue weighted by Crippen LogP contribution is -2.62. The Balaban J connectivity index is 1.60. The monoisotopic (exact) mass is 567 g/mol. The number of carbonyl (C=O) groups is 1. The molecule has 3 heterocycles. The van der Waals surface area contributed by atoms with Gasteiger partial charge in [0.05, 0.1) is 47.2 Å². The Labute approximate surface area is 238 Å². The van der Waals surface area contributed by atoms with Crippen molar-refractivity contribution in [1.82, 2.24) is 4.90 Å². The highest BCUT2D eigenvalue weighted by atomic mass is 32.2. The number of piperazine rings is 1. The van der Waals surface area contributed by atoms with Crippen LogP contribution in [0, 0.1) is 6.92 Å². The predicted octanol–water partition coefficient (Wildman–Crippen LogP) is 4.62. The third-order valence-electron chi connectivity index (χ3n) is 8.16. The number of nitrogens with zero attached hydrogens (tertiary/aromatic N) is 3. The second-order valence-electron chi connectivity index (χ2n) is 12.4. The molecular formula is C31H41N3O5S. The summed E-state index contributed by atoms with van der Waals surface area (Å²) in [6.45, 7) is 14.3. The molecule has 2 aromatic carbocycles. The standard InChI is InChI=1S/C31H41N3O5S/c1-21-9-8-10-26(15-21)40(36,37)34-20-25-19-32(22(2)29(35)38-7)13-14-33(25)27-12-11-23(16-28(27)34)24-17-30(3,4)39-31(5,6)18-24/h8-12,15-17,22,25H,13-14,18-20H2,1-7H3/t22-,25-/m0/s1. The van der Waals surface area contributed by atoms with Crippen molar-refractivity contribution in [1.29, 1.82) is 0 Å². The molecule has 3 aliphatic rings. The van der Waals surface area contributed by atoms with E-state index in [-0.39, 0.29) is 29.1 Å². The predicted molar refractivity (Wildman–Crippen MR) is 158 cm³/mol. The van der Waals surface area contributed by atoms with Gasteiger partial charge in [0.2, 0.25) is 0 Å². The second-order valence-corrected chi connectivity index (χ2v) is 14.3. The maximum absolute atomic E-state index is 14.2. The molecule has 2 atom stereocenters. The van der Waals surface area contributed by atoms with Crippen molar-refractivity contribution < 1.29 is 22.7 Å².